The molecule has 21 heavy (non-hydrogen) atoms. The zero-order chi connectivity index (χ0) is 15.1. The van der Waals surface area contributed by atoms with Crippen LogP contribution in [0.1, 0.15) is 12.5 Å². The highest BCUT2D eigenvalue weighted by atomic mass is 35.5. The lowest BCUT2D eigenvalue weighted by molar-refractivity contribution is 0.340. The number of halogens is 1. The van der Waals surface area contributed by atoms with Crippen molar-refractivity contribution in [2.24, 2.45) is 10.7 Å². The lowest BCUT2D eigenvalue weighted by atomic mass is 10.2. The first-order chi connectivity index (χ1) is 10.2. The summed E-state index contributed by atoms with van der Waals surface area (Å²) >= 11 is 7.57. The largest absolute Gasteiger partial charge is 0.494 e. The summed E-state index contributed by atoms with van der Waals surface area (Å²) in [6.45, 7) is 2.61. The molecule has 0 aliphatic rings. The summed E-state index contributed by atoms with van der Waals surface area (Å²) in [5, 5.41) is 1.26. The van der Waals surface area contributed by atoms with E-state index in [1.807, 2.05) is 55.5 Å². The number of benzene rings is 2. The normalized spacial score (nSPS) is 11.4. The number of aliphatic imine (C=N–C) groups is 1. The summed E-state index contributed by atoms with van der Waals surface area (Å²) in [7, 11) is 0. The van der Waals surface area contributed by atoms with Crippen molar-refractivity contribution in [1.82, 2.24) is 0 Å². The number of nitrogens with zero attached hydrogens (tertiary/aromatic N) is 1. The fourth-order valence-electron chi connectivity index (χ4n) is 1.71. The minimum atomic E-state index is 0.513. The molecule has 3 nitrogen and oxygen atoms in total. The molecule has 0 saturated heterocycles. The number of rotatable bonds is 5. The van der Waals surface area contributed by atoms with Gasteiger partial charge >= 0.3 is 0 Å². The lowest BCUT2D eigenvalue weighted by Crippen LogP contribution is -2.06. The quantitative estimate of drug-likeness (QED) is 0.646. The van der Waals surface area contributed by atoms with E-state index in [0.29, 0.717) is 17.5 Å². The number of hydrogen-bond donors (Lipinski definition) is 1. The Kier molecular flexibility index (Phi) is 5.96. The van der Waals surface area contributed by atoms with Crippen molar-refractivity contribution in [2.45, 2.75) is 12.7 Å². The molecular weight excluding hydrogens is 304 g/mol. The Morgan fingerprint density at radius 1 is 1.19 bits per heavy atom. The van der Waals surface area contributed by atoms with Gasteiger partial charge in [0.1, 0.15) is 5.75 Å². The third kappa shape index (κ3) is 4.99. The molecule has 0 saturated carbocycles. The van der Waals surface area contributed by atoms with Gasteiger partial charge in [0.2, 0.25) is 0 Å². The summed E-state index contributed by atoms with van der Waals surface area (Å²) < 4.78 is 5.38. The van der Waals surface area contributed by atoms with Gasteiger partial charge < -0.3 is 10.5 Å². The summed E-state index contributed by atoms with van der Waals surface area (Å²) in [4.78, 5) is 4.36. The van der Waals surface area contributed by atoms with Crippen molar-refractivity contribution >= 4 is 34.2 Å². The van der Waals surface area contributed by atoms with Crippen molar-refractivity contribution in [3.8, 4) is 5.75 Å². The monoisotopic (exact) mass is 320 g/mol. The SMILES string of the molecule is CCOc1ccc(N=C(N)SCc2ccccc2Cl)cc1. The van der Waals surface area contributed by atoms with Crippen LogP contribution in [0.3, 0.4) is 0 Å². The van der Waals surface area contributed by atoms with Crippen LogP contribution in [0.15, 0.2) is 53.5 Å². The van der Waals surface area contributed by atoms with E-state index < -0.39 is 0 Å². The Balaban J connectivity index is 1.96. The van der Waals surface area contributed by atoms with Gasteiger partial charge in [0.05, 0.1) is 12.3 Å². The smallest absolute Gasteiger partial charge is 0.159 e. The minimum absolute atomic E-state index is 0.513. The fraction of sp³-hybridized carbons (Fsp3) is 0.188. The molecule has 2 N–H and O–H groups in total. The molecule has 0 fully saturated rings. The van der Waals surface area contributed by atoms with E-state index in [1.54, 1.807) is 0 Å². The van der Waals surface area contributed by atoms with Crippen LogP contribution in [0.4, 0.5) is 5.69 Å². The first-order valence-electron chi connectivity index (χ1n) is 6.62. The molecular formula is C16H17ClN2OS. The molecule has 0 bridgehead atoms. The first kappa shape index (κ1) is 15.7. The second kappa shape index (κ2) is 7.96. The van der Waals surface area contributed by atoms with Crippen LogP contribution in [-0.2, 0) is 5.75 Å². The van der Waals surface area contributed by atoms with Gasteiger partial charge in [-0.15, -0.1) is 0 Å². The van der Waals surface area contributed by atoms with E-state index in [1.165, 1.54) is 11.8 Å². The van der Waals surface area contributed by atoms with Crippen molar-refractivity contribution in [2.75, 3.05) is 6.61 Å². The predicted molar refractivity (Wildman–Crippen MR) is 91.6 cm³/mol. The Bertz CT molecular complexity index is 614. The molecule has 0 aliphatic carbocycles. The molecule has 0 unspecified atom stereocenters. The van der Waals surface area contributed by atoms with Crippen LogP contribution in [0, 0.1) is 0 Å². The fourth-order valence-corrected chi connectivity index (χ4v) is 2.72. The van der Waals surface area contributed by atoms with Gasteiger partial charge in [0.25, 0.3) is 0 Å². The number of ether oxygens (including phenoxy) is 1. The van der Waals surface area contributed by atoms with E-state index in [2.05, 4.69) is 4.99 Å². The maximum atomic E-state index is 6.11. The maximum absolute atomic E-state index is 6.11. The van der Waals surface area contributed by atoms with Crippen LogP contribution in [0.25, 0.3) is 0 Å². The summed E-state index contributed by atoms with van der Waals surface area (Å²) in [5.74, 6) is 1.53. The van der Waals surface area contributed by atoms with Crippen LogP contribution in [-0.4, -0.2) is 11.8 Å². The molecule has 0 spiro atoms. The van der Waals surface area contributed by atoms with Gasteiger partial charge in [0, 0.05) is 10.8 Å². The first-order valence-corrected chi connectivity index (χ1v) is 7.98. The highest BCUT2D eigenvalue weighted by molar-refractivity contribution is 8.13. The third-order valence-corrected chi connectivity index (χ3v) is 3.93. The third-order valence-electron chi connectivity index (χ3n) is 2.72. The Labute approximate surface area is 134 Å². The predicted octanol–water partition coefficient (Wildman–Crippen LogP) is 4.62. The highest BCUT2D eigenvalue weighted by Gasteiger charge is 2.02. The number of thioether (sulfide) groups is 1. The van der Waals surface area contributed by atoms with E-state index in [9.17, 15) is 0 Å². The Morgan fingerprint density at radius 2 is 1.90 bits per heavy atom. The molecule has 2 rings (SSSR count). The molecule has 0 amide bonds. The van der Waals surface area contributed by atoms with E-state index in [0.717, 1.165) is 22.0 Å². The summed E-state index contributed by atoms with van der Waals surface area (Å²) in [6.07, 6.45) is 0. The maximum Gasteiger partial charge on any atom is 0.159 e. The Morgan fingerprint density at radius 3 is 2.57 bits per heavy atom. The average molecular weight is 321 g/mol. The van der Waals surface area contributed by atoms with Crippen molar-refractivity contribution in [3.05, 3.63) is 59.1 Å². The zero-order valence-electron chi connectivity index (χ0n) is 11.8. The van der Waals surface area contributed by atoms with Gasteiger partial charge in [0.15, 0.2) is 5.17 Å². The second-order valence-electron chi connectivity index (χ2n) is 4.26. The summed E-state index contributed by atoms with van der Waals surface area (Å²) in [6, 6.07) is 15.3. The van der Waals surface area contributed by atoms with Crippen LogP contribution < -0.4 is 10.5 Å². The van der Waals surface area contributed by atoms with Gasteiger partial charge in [-0.3, -0.25) is 0 Å². The number of amidine groups is 1. The number of nitrogens with two attached hydrogens (primary N) is 1. The molecule has 110 valence electrons. The van der Waals surface area contributed by atoms with Gasteiger partial charge in [-0.05, 0) is 42.8 Å². The zero-order valence-corrected chi connectivity index (χ0v) is 13.3. The Hall–Kier alpha value is -1.65. The van der Waals surface area contributed by atoms with Crippen LogP contribution in [0.2, 0.25) is 5.02 Å². The molecule has 2 aromatic carbocycles. The number of hydrogen-bond acceptors (Lipinski definition) is 3. The molecule has 5 heteroatoms. The van der Waals surface area contributed by atoms with E-state index in [4.69, 9.17) is 22.1 Å². The second-order valence-corrected chi connectivity index (χ2v) is 5.66. The minimum Gasteiger partial charge on any atom is -0.494 e. The molecule has 0 aromatic heterocycles. The lowest BCUT2D eigenvalue weighted by Gasteiger charge is -2.05. The van der Waals surface area contributed by atoms with Crippen LogP contribution >= 0.6 is 23.4 Å². The van der Waals surface area contributed by atoms with Crippen molar-refractivity contribution < 1.29 is 4.74 Å². The van der Waals surface area contributed by atoms with Gasteiger partial charge in [-0.1, -0.05) is 41.6 Å². The van der Waals surface area contributed by atoms with Crippen molar-refractivity contribution in [1.29, 1.82) is 0 Å². The molecule has 0 radical (unpaired) electrons. The topological polar surface area (TPSA) is 47.6 Å². The summed E-state index contributed by atoms with van der Waals surface area (Å²) in [5.41, 5.74) is 7.80. The van der Waals surface area contributed by atoms with Crippen molar-refractivity contribution in [3.63, 3.8) is 0 Å². The molecule has 0 aliphatic heterocycles. The van der Waals surface area contributed by atoms with Crippen LogP contribution in [0.5, 0.6) is 5.75 Å². The average Bonchev–Trinajstić information content (AvgIpc) is 2.49. The molecule has 2 aromatic rings. The molecule has 0 atom stereocenters. The standard InChI is InChI=1S/C16H17ClN2OS/c1-2-20-14-9-7-13(8-10-14)19-16(18)21-11-12-5-3-4-6-15(12)17/h3-10H,2,11H2,1H3,(H2,18,19). The van der Waals surface area contributed by atoms with E-state index >= 15 is 0 Å². The van der Waals surface area contributed by atoms with Gasteiger partial charge in [-0.2, -0.15) is 0 Å². The van der Waals surface area contributed by atoms with Gasteiger partial charge in [-0.25, -0.2) is 4.99 Å². The highest BCUT2D eigenvalue weighted by Crippen LogP contribution is 2.23. The molecule has 0 heterocycles. The van der Waals surface area contributed by atoms with E-state index in [-0.39, 0.29) is 0 Å².